The van der Waals surface area contributed by atoms with Crippen molar-refractivity contribution in [1.29, 1.82) is 0 Å². The number of carbonyl (C=O) groups excluding carboxylic acids is 2. The van der Waals surface area contributed by atoms with Crippen LogP contribution in [0.5, 0.6) is 0 Å². The van der Waals surface area contributed by atoms with E-state index < -0.39 is 0 Å². The van der Waals surface area contributed by atoms with Crippen LogP contribution in [0.15, 0.2) is 71.0 Å². The summed E-state index contributed by atoms with van der Waals surface area (Å²) in [6, 6.07) is 19.2. The Hall–Kier alpha value is -3.25. The van der Waals surface area contributed by atoms with Crippen LogP contribution in [-0.4, -0.2) is 24.1 Å². The average Bonchev–Trinajstić information content (AvgIpc) is 3.23. The summed E-state index contributed by atoms with van der Waals surface area (Å²) in [6.07, 6.45) is 0.158. The number of para-hydroxylation sites is 2. The van der Waals surface area contributed by atoms with Crippen molar-refractivity contribution in [3.63, 3.8) is 0 Å². The van der Waals surface area contributed by atoms with Crippen molar-refractivity contribution in [1.82, 2.24) is 0 Å². The van der Waals surface area contributed by atoms with E-state index in [-0.39, 0.29) is 24.8 Å². The number of anilines is 2. The standard InChI is InChI=1S/C24H23N3O2S/c1-16(2)17-7-5-8-18(13-17)25-23(28)15-27-21-10-4-3-9-19(21)26-20(14-24(27)29)22-11-6-12-30-22/h3-13,16H,14-15H2,1-2H3,(H,25,28). The first-order chi connectivity index (χ1) is 14.5. The molecule has 2 aromatic carbocycles. The van der Waals surface area contributed by atoms with Crippen LogP contribution in [0.3, 0.4) is 0 Å². The predicted molar refractivity (Wildman–Crippen MR) is 123 cm³/mol. The number of aliphatic imine (C=N–C) groups is 1. The average molecular weight is 418 g/mol. The largest absolute Gasteiger partial charge is 0.325 e. The lowest BCUT2D eigenvalue weighted by molar-refractivity contribution is -0.120. The Morgan fingerprint density at radius 2 is 1.97 bits per heavy atom. The minimum atomic E-state index is -0.237. The summed E-state index contributed by atoms with van der Waals surface area (Å²) >= 11 is 1.56. The van der Waals surface area contributed by atoms with Crippen LogP contribution >= 0.6 is 11.3 Å². The molecule has 2 amide bonds. The van der Waals surface area contributed by atoms with Crippen LogP contribution in [0.1, 0.15) is 36.6 Å². The number of carbonyl (C=O) groups is 2. The highest BCUT2D eigenvalue weighted by atomic mass is 32.1. The summed E-state index contributed by atoms with van der Waals surface area (Å²) in [5.74, 6) is -0.00875. The van der Waals surface area contributed by atoms with Gasteiger partial charge in [-0.25, -0.2) is 4.99 Å². The van der Waals surface area contributed by atoms with E-state index in [0.29, 0.717) is 17.3 Å². The fraction of sp³-hybridized carbons (Fsp3) is 0.208. The zero-order chi connectivity index (χ0) is 21.1. The van der Waals surface area contributed by atoms with E-state index in [1.807, 2.05) is 66.0 Å². The maximum absolute atomic E-state index is 13.1. The van der Waals surface area contributed by atoms with Crippen LogP contribution in [0, 0.1) is 0 Å². The Balaban J connectivity index is 1.57. The molecule has 4 rings (SSSR count). The third kappa shape index (κ3) is 4.33. The van der Waals surface area contributed by atoms with Gasteiger partial charge >= 0.3 is 0 Å². The molecule has 1 aliphatic heterocycles. The second-order valence-electron chi connectivity index (χ2n) is 7.51. The highest BCUT2D eigenvalue weighted by Gasteiger charge is 2.26. The summed E-state index contributed by atoms with van der Waals surface area (Å²) in [4.78, 5) is 33.1. The number of thiophene rings is 1. The molecule has 0 fully saturated rings. The van der Waals surface area contributed by atoms with Crippen molar-refractivity contribution in [3.8, 4) is 0 Å². The molecular weight excluding hydrogens is 394 g/mol. The van der Waals surface area contributed by atoms with Gasteiger partial charge in [0.05, 0.1) is 23.5 Å². The highest BCUT2D eigenvalue weighted by Crippen LogP contribution is 2.33. The molecule has 1 N–H and O–H groups in total. The first kappa shape index (κ1) is 20.0. The Labute approximate surface area is 180 Å². The van der Waals surface area contributed by atoms with E-state index in [4.69, 9.17) is 4.99 Å². The van der Waals surface area contributed by atoms with Crippen molar-refractivity contribution in [2.24, 2.45) is 4.99 Å². The summed E-state index contributed by atoms with van der Waals surface area (Å²) in [6.45, 7) is 4.16. The lowest BCUT2D eigenvalue weighted by Gasteiger charge is -2.22. The molecule has 0 aliphatic carbocycles. The molecule has 1 aliphatic rings. The van der Waals surface area contributed by atoms with Crippen molar-refractivity contribution in [2.75, 3.05) is 16.8 Å². The number of rotatable bonds is 5. The second-order valence-corrected chi connectivity index (χ2v) is 8.46. The molecule has 3 aromatic rings. The van der Waals surface area contributed by atoms with E-state index in [0.717, 1.165) is 21.8 Å². The molecule has 0 unspecified atom stereocenters. The Bertz CT molecular complexity index is 1100. The van der Waals surface area contributed by atoms with Crippen LogP contribution < -0.4 is 10.2 Å². The molecule has 1 aromatic heterocycles. The van der Waals surface area contributed by atoms with Gasteiger partial charge in [0.25, 0.3) is 0 Å². The van der Waals surface area contributed by atoms with E-state index >= 15 is 0 Å². The fourth-order valence-electron chi connectivity index (χ4n) is 3.42. The SMILES string of the molecule is CC(C)c1cccc(NC(=O)CN2C(=O)CC(c3cccs3)=Nc3ccccc32)c1. The first-order valence-corrected chi connectivity index (χ1v) is 10.8. The van der Waals surface area contributed by atoms with Gasteiger partial charge in [-0.3, -0.25) is 9.59 Å². The quantitative estimate of drug-likeness (QED) is 0.607. The minimum absolute atomic E-state index is 0.0605. The Kier molecular flexibility index (Phi) is 5.77. The van der Waals surface area contributed by atoms with Crippen molar-refractivity contribution in [2.45, 2.75) is 26.2 Å². The van der Waals surface area contributed by atoms with Crippen LogP contribution in [0.4, 0.5) is 17.1 Å². The second kappa shape index (κ2) is 8.63. The van der Waals surface area contributed by atoms with E-state index in [1.165, 1.54) is 4.90 Å². The van der Waals surface area contributed by atoms with Gasteiger partial charge in [-0.15, -0.1) is 11.3 Å². The fourth-order valence-corrected chi connectivity index (χ4v) is 4.14. The third-order valence-electron chi connectivity index (χ3n) is 4.99. The smallest absolute Gasteiger partial charge is 0.244 e. The lowest BCUT2D eigenvalue weighted by atomic mass is 10.0. The van der Waals surface area contributed by atoms with Gasteiger partial charge in [0.1, 0.15) is 6.54 Å². The zero-order valence-corrected chi connectivity index (χ0v) is 17.8. The summed E-state index contributed by atoms with van der Waals surface area (Å²) in [5.41, 5.74) is 3.96. The molecule has 2 heterocycles. The number of fused-ring (bicyclic) bond motifs is 1. The number of nitrogens with one attached hydrogen (secondary N) is 1. The molecule has 0 spiro atoms. The number of benzene rings is 2. The normalized spacial score (nSPS) is 13.6. The first-order valence-electron chi connectivity index (χ1n) is 9.92. The van der Waals surface area contributed by atoms with Gasteiger partial charge in [0.15, 0.2) is 0 Å². The van der Waals surface area contributed by atoms with E-state index in [9.17, 15) is 9.59 Å². The molecule has 152 valence electrons. The Morgan fingerprint density at radius 3 is 2.73 bits per heavy atom. The third-order valence-corrected chi connectivity index (χ3v) is 5.91. The van der Waals surface area contributed by atoms with Crippen molar-refractivity contribution in [3.05, 3.63) is 76.5 Å². The van der Waals surface area contributed by atoms with Gasteiger partial charge < -0.3 is 10.2 Å². The van der Waals surface area contributed by atoms with Crippen molar-refractivity contribution >= 4 is 45.9 Å². The monoisotopic (exact) mass is 417 g/mol. The van der Waals surface area contributed by atoms with Crippen molar-refractivity contribution < 1.29 is 9.59 Å². The molecule has 0 atom stereocenters. The lowest BCUT2D eigenvalue weighted by Crippen LogP contribution is -2.38. The molecule has 0 saturated heterocycles. The topological polar surface area (TPSA) is 61.8 Å². The van der Waals surface area contributed by atoms with Crippen LogP contribution in [0.2, 0.25) is 0 Å². The van der Waals surface area contributed by atoms with Gasteiger partial charge in [-0.2, -0.15) is 0 Å². The summed E-state index contributed by atoms with van der Waals surface area (Å²) in [5, 5.41) is 4.89. The Morgan fingerprint density at radius 1 is 1.13 bits per heavy atom. The van der Waals surface area contributed by atoms with E-state index in [1.54, 1.807) is 11.3 Å². The minimum Gasteiger partial charge on any atom is -0.325 e. The van der Waals surface area contributed by atoms with Crippen LogP contribution in [0.25, 0.3) is 0 Å². The zero-order valence-electron chi connectivity index (χ0n) is 17.0. The molecule has 0 bridgehead atoms. The summed E-state index contributed by atoms with van der Waals surface area (Å²) in [7, 11) is 0. The van der Waals surface area contributed by atoms with Crippen LogP contribution in [-0.2, 0) is 9.59 Å². The number of nitrogens with zero attached hydrogens (tertiary/aromatic N) is 2. The molecule has 5 nitrogen and oxygen atoms in total. The molecule has 6 heteroatoms. The number of amides is 2. The van der Waals surface area contributed by atoms with Gasteiger partial charge in [-0.1, -0.05) is 44.2 Å². The molecule has 0 saturated carbocycles. The maximum Gasteiger partial charge on any atom is 0.244 e. The molecule has 30 heavy (non-hydrogen) atoms. The highest BCUT2D eigenvalue weighted by molar-refractivity contribution is 7.12. The van der Waals surface area contributed by atoms with Gasteiger partial charge in [0.2, 0.25) is 11.8 Å². The number of hydrogen-bond acceptors (Lipinski definition) is 4. The molecular formula is C24H23N3O2S. The summed E-state index contributed by atoms with van der Waals surface area (Å²) < 4.78 is 0. The predicted octanol–water partition coefficient (Wildman–Crippen LogP) is 5.37. The maximum atomic E-state index is 13.1. The molecule has 0 radical (unpaired) electrons. The number of hydrogen-bond donors (Lipinski definition) is 1. The van der Waals surface area contributed by atoms with Gasteiger partial charge in [0, 0.05) is 10.6 Å². The van der Waals surface area contributed by atoms with Gasteiger partial charge in [-0.05, 0) is 47.2 Å². The van der Waals surface area contributed by atoms with E-state index in [2.05, 4.69) is 19.2 Å².